The van der Waals surface area contributed by atoms with Gasteiger partial charge in [0.1, 0.15) is 0 Å². The molecular weight excluding hydrogens is 145 g/mol. The second-order valence-electron chi connectivity index (χ2n) is 0.285. The van der Waals surface area contributed by atoms with Crippen molar-refractivity contribution in [2.45, 2.75) is 0 Å². The van der Waals surface area contributed by atoms with Gasteiger partial charge in [-0.1, -0.05) is 0 Å². The zero-order valence-corrected chi connectivity index (χ0v) is 5.48. The minimum absolute atomic E-state index is 0. The Morgan fingerprint density at radius 2 is 2.00 bits per heavy atom. The van der Waals surface area contributed by atoms with E-state index in [2.05, 4.69) is 5.84 Å². The Balaban J connectivity index is 0. The topological polar surface area (TPSA) is 55.1 Å². The van der Waals surface area contributed by atoms with Crippen LogP contribution in [0.15, 0.2) is 0 Å². The molecule has 0 saturated heterocycles. The van der Waals surface area contributed by atoms with E-state index >= 15 is 0 Å². The van der Waals surface area contributed by atoms with Crippen LogP contribution in [0.1, 0.15) is 0 Å². The molecule has 0 heterocycles. The number of hydrazine groups is 1. The Hall–Kier alpha value is 0.534. The molecule has 3 nitrogen and oxygen atoms in total. The average Bonchev–Trinajstić information content (AvgIpc) is 1.37. The standard InChI is InChI=1S/CH4N2O.Y/c2-3-1-4;/h1H,2H2,(H,3,4);. The first-order chi connectivity index (χ1) is 1.91. The van der Waals surface area contributed by atoms with Crippen molar-refractivity contribution < 1.29 is 37.5 Å². The van der Waals surface area contributed by atoms with Gasteiger partial charge in [0.05, 0.1) is 0 Å². The van der Waals surface area contributed by atoms with Crippen LogP contribution >= 0.6 is 0 Å². The van der Waals surface area contributed by atoms with Crippen molar-refractivity contribution in [1.82, 2.24) is 5.43 Å². The number of hydrogen-bond donors (Lipinski definition) is 2. The van der Waals surface area contributed by atoms with Crippen LogP contribution in [0, 0.1) is 0 Å². The third kappa shape index (κ3) is 12.4. The summed E-state index contributed by atoms with van der Waals surface area (Å²) in [5, 5.41) is 0. The maximum Gasteiger partial charge on any atom is 0.221 e. The number of nitrogens with one attached hydrogen (secondary N) is 1. The largest absolute Gasteiger partial charge is 0.297 e. The first kappa shape index (κ1) is 9.11. The van der Waals surface area contributed by atoms with Crippen LogP contribution in [0.5, 0.6) is 0 Å². The van der Waals surface area contributed by atoms with Crippen molar-refractivity contribution in [3.63, 3.8) is 0 Å². The van der Waals surface area contributed by atoms with Gasteiger partial charge in [-0.15, -0.1) is 0 Å². The van der Waals surface area contributed by atoms with Crippen molar-refractivity contribution >= 4 is 6.41 Å². The fraction of sp³-hybridized carbons (Fsp3) is 0. The van der Waals surface area contributed by atoms with Crippen molar-refractivity contribution in [2.24, 2.45) is 5.84 Å². The predicted octanol–water partition coefficient (Wildman–Crippen LogP) is -1.40. The molecule has 0 saturated carbocycles. The van der Waals surface area contributed by atoms with Crippen LogP contribution in [0.2, 0.25) is 0 Å². The van der Waals surface area contributed by atoms with Crippen LogP contribution < -0.4 is 11.3 Å². The zero-order valence-electron chi connectivity index (χ0n) is 2.64. The molecule has 0 spiro atoms. The van der Waals surface area contributed by atoms with Gasteiger partial charge in [0.15, 0.2) is 0 Å². The Labute approximate surface area is 55.1 Å². The van der Waals surface area contributed by atoms with Gasteiger partial charge in [-0.05, 0) is 0 Å². The molecule has 0 aliphatic rings. The molecule has 0 aromatic rings. The molecule has 0 aliphatic carbocycles. The first-order valence-corrected chi connectivity index (χ1v) is 0.813. The van der Waals surface area contributed by atoms with E-state index in [1.54, 1.807) is 5.43 Å². The van der Waals surface area contributed by atoms with Gasteiger partial charge in [0, 0.05) is 32.7 Å². The van der Waals surface area contributed by atoms with Gasteiger partial charge in [0.2, 0.25) is 6.41 Å². The molecule has 1 radical (unpaired) electrons. The second-order valence-corrected chi connectivity index (χ2v) is 0.285. The maximum absolute atomic E-state index is 8.94. The average molecular weight is 149 g/mol. The van der Waals surface area contributed by atoms with Crippen LogP contribution in [-0.4, -0.2) is 6.41 Å². The van der Waals surface area contributed by atoms with Gasteiger partial charge in [0.25, 0.3) is 0 Å². The monoisotopic (exact) mass is 149 g/mol. The summed E-state index contributed by atoms with van der Waals surface area (Å²) in [6, 6.07) is 0. The fourth-order valence-corrected chi connectivity index (χ4v) is 0. The third-order valence-electron chi connectivity index (χ3n) is 0.0680. The summed E-state index contributed by atoms with van der Waals surface area (Å²) in [6.45, 7) is 0. The molecule has 0 atom stereocenters. The van der Waals surface area contributed by atoms with Crippen LogP contribution in [0.25, 0.3) is 0 Å². The molecule has 3 N–H and O–H groups in total. The Morgan fingerprint density at radius 3 is 2.00 bits per heavy atom. The molecule has 0 unspecified atom stereocenters. The predicted molar refractivity (Wildman–Crippen MR) is 13.4 cm³/mol. The molecule has 27 valence electrons. The molecule has 0 aromatic carbocycles. The van der Waals surface area contributed by atoms with E-state index in [4.69, 9.17) is 4.79 Å². The van der Waals surface area contributed by atoms with Crippen molar-refractivity contribution in [1.29, 1.82) is 0 Å². The summed E-state index contributed by atoms with van der Waals surface area (Å²) in [5.41, 5.74) is 1.75. The summed E-state index contributed by atoms with van der Waals surface area (Å²) in [4.78, 5) is 8.94. The smallest absolute Gasteiger partial charge is 0.221 e. The van der Waals surface area contributed by atoms with Crippen LogP contribution in [0.4, 0.5) is 0 Å². The van der Waals surface area contributed by atoms with Gasteiger partial charge >= 0.3 is 0 Å². The maximum atomic E-state index is 8.94. The van der Waals surface area contributed by atoms with Crippen molar-refractivity contribution in [3.8, 4) is 0 Å². The van der Waals surface area contributed by atoms with Gasteiger partial charge in [-0.25, -0.2) is 5.84 Å². The second kappa shape index (κ2) is 8.82. The van der Waals surface area contributed by atoms with E-state index in [0.717, 1.165) is 0 Å². The van der Waals surface area contributed by atoms with Crippen LogP contribution in [-0.2, 0) is 37.5 Å². The van der Waals surface area contributed by atoms with E-state index < -0.39 is 0 Å². The zero-order chi connectivity index (χ0) is 3.41. The van der Waals surface area contributed by atoms with E-state index in [1.807, 2.05) is 0 Å². The molecule has 0 bridgehead atoms. The minimum atomic E-state index is 0. The molecule has 5 heavy (non-hydrogen) atoms. The molecule has 4 heteroatoms. The molecular formula is CH4N2OY. The molecule has 0 rings (SSSR count). The Morgan fingerprint density at radius 1 is 1.80 bits per heavy atom. The molecule has 0 aliphatic heterocycles. The molecule has 0 aromatic heterocycles. The van der Waals surface area contributed by atoms with E-state index in [0.29, 0.717) is 6.41 Å². The van der Waals surface area contributed by atoms with E-state index in [9.17, 15) is 0 Å². The number of hydrogen-bond acceptors (Lipinski definition) is 2. The van der Waals surface area contributed by atoms with Crippen molar-refractivity contribution in [2.75, 3.05) is 0 Å². The number of amides is 1. The summed E-state index contributed by atoms with van der Waals surface area (Å²) in [7, 11) is 0. The number of carbonyl (C=O) groups excluding carboxylic acids is 1. The quantitative estimate of drug-likeness (QED) is 0.208. The van der Waals surface area contributed by atoms with Crippen LogP contribution in [0.3, 0.4) is 0 Å². The molecule has 0 fully saturated rings. The summed E-state index contributed by atoms with van der Waals surface area (Å²) in [5.74, 6) is 4.41. The fourth-order valence-electron chi connectivity index (χ4n) is 0. The molecule has 1 amide bonds. The first-order valence-electron chi connectivity index (χ1n) is 0.813. The number of carbonyl (C=O) groups is 1. The number of nitrogens with two attached hydrogens (primary N) is 1. The van der Waals surface area contributed by atoms with E-state index in [1.165, 1.54) is 0 Å². The van der Waals surface area contributed by atoms with Gasteiger partial charge < -0.3 is 0 Å². The van der Waals surface area contributed by atoms with Crippen molar-refractivity contribution in [3.05, 3.63) is 0 Å². The van der Waals surface area contributed by atoms with Gasteiger partial charge in [-0.2, -0.15) is 0 Å². The minimum Gasteiger partial charge on any atom is -0.297 e. The van der Waals surface area contributed by atoms with E-state index in [-0.39, 0.29) is 32.7 Å². The summed E-state index contributed by atoms with van der Waals surface area (Å²) >= 11 is 0. The Kier molecular flexibility index (Phi) is 16.1. The normalized spacial score (nSPS) is 4.20. The Bertz CT molecular complexity index is 23.6. The number of rotatable bonds is 1. The third-order valence-corrected chi connectivity index (χ3v) is 0.0680. The summed E-state index contributed by atoms with van der Waals surface area (Å²) in [6.07, 6.45) is 0.403. The SMILES string of the molecule is NNC=O.[Y]. The van der Waals surface area contributed by atoms with Gasteiger partial charge in [-0.3, -0.25) is 10.2 Å². The summed E-state index contributed by atoms with van der Waals surface area (Å²) < 4.78 is 0.